The van der Waals surface area contributed by atoms with E-state index in [0.717, 1.165) is 11.8 Å². The van der Waals surface area contributed by atoms with Gasteiger partial charge in [0.15, 0.2) is 0 Å². The first-order valence-electron chi connectivity index (χ1n) is 7.11. The molecule has 0 atom stereocenters. The Kier molecular flexibility index (Phi) is 8.92. The monoisotopic (exact) mass is 322 g/mol. The normalized spacial score (nSPS) is 8.79. The summed E-state index contributed by atoms with van der Waals surface area (Å²) in [6, 6.07) is 14.0. The predicted octanol–water partition coefficient (Wildman–Crippen LogP) is 2.70. The maximum Gasteiger partial charge on any atom is 0.150 e. The van der Waals surface area contributed by atoms with Crippen molar-refractivity contribution >= 4 is 6.29 Å². The zero-order valence-corrected chi connectivity index (χ0v) is 13.1. The molecule has 0 bridgehead atoms. The lowest BCUT2D eigenvalue weighted by molar-refractivity contribution is 0.112. The van der Waals surface area contributed by atoms with Crippen LogP contribution >= 0.6 is 0 Å². The van der Waals surface area contributed by atoms with Gasteiger partial charge in [-0.1, -0.05) is 36.1 Å². The van der Waals surface area contributed by atoms with Crippen LogP contribution < -0.4 is 9.47 Å². The Labute approximate surface area is 142 Å². The molecule has 0 aromatic heterocycles. The topological polar surface area (TPSA) is 55.8 Å². The van der Waals surface area contributed by atoms with E-state index in [0.29, 0.717) is 17.1 Å². The standard InChI is InChI=1S/C10H10O2.C10H8O2/c2*1-2-6-12-10-5-3-4-9(7-10)8-11/h1,3-5,7,11H,6,8H2;1,3-5,7-8H,6H2. The van der Waals surface area contributed by atoms with Crippen molar-refractivity contribution < 1.29 is 19.4 Å². The van der Waals surface area contributed by atoms with Gasteiger partial charge in [-0.05, 0) is 29.8 Å². The second-order valence-corrected chi connectivity index (χ2v) is 4.48. The van der Waals surface area contributed by atoms with Gasteiger partial charge in [0.2, 0.25) is 0 Å². The number of ether oxygens (including phenoxy) is 2. The summed E-state index contributed by atoms with van der Waals surface area (Å²) in [7, 11) is 0. The summed E-state index contributed by atoms with van der Waals surface area (Å²) in [6.07, 6.45) is 10.8. The molecule has 24 heavy (non-hydrogen) atoms. The molecule has 4 heteroatoms. The van der Waals surface area contributed by atoms with Gasteiger partial charge in [-0.2, -0.15) is 0 Å². The molecular formula is C20H18O4. The highest BCUT2D eigenvalue weighted by Crippen LogP contribution is 2.12. The van der Waals surface area contributed by atoms with Crippen LogP contribution in [0.3, 0.4) is 0 Å². The van der Waals surface area contributed by atoms with Crippen molar-refractivity contribution in [1.82, 2.24) is 0 Å². The van der Waals surface area contributed by atoms with E-state index in [4.69, 9.17) is 27.4 Å². The predicted molar refractivity (Wildman–Crippen MR) is 92.9 cm³/mol. The Morgan fingerprint density at radius 1 is 0.958 bits per heavy atom. The average Bonchev–Trinajstić information content (AvgIpc) is 2.65. The van der Waals surface area contributed by atoms with Crippen LogP contribution in [-0.2, 0) is 6.61 Å². The fourth-order valence-corrected chi connectivity index (χ4v) is 1.66. The Morgan fingerprint density at radius 2 is 1.54 bits per heavy atom. The van der Waals surface area contributed by atoms with Gasteiger partial charge in [0.25, 0.3) is 0 Å². The smallest absolute Gasteiger partial charge is 0.150 e. The minimum absolute atomic E-state index is 0.0211. The van der Waals surface area contributed by atoms with Crippen molar-refractivity contribution in [3.8, 4) is 36.2 Å². The number of benzene rings is 2. The molecule has 0 saturated carbocycles. The molecule has 1 N–H and O–H groups in total. The van der Waals surface area contributed by atoms with E-state index in [-0.39, 0.29) is 19.8 Å². The van der Waals surface area contributed by atoms with Gasteiger partial charge in [0, 0.05) is 5.56 Å². The molecule has 4 nitrogen and oxygen atoms in total. The average molecular weight is 322 g/mol. The number of terminal acetylenes is 2. The number of aldehydes is 1. The summed E-state index contributed by atoms with van der Waals surface area (Å²) in [6.45, 7) is 0.504. The number of aliphatic hydroxyl groups excluding tert-OH is 1. The van der Waals surface area contributed by atoms with E-state index in [1.807, 2.05) is 12.1 Å². The van der Waals surface area contributed by atoms with Crippen LogP contribution in [0.15, 0.2) is 48.5 Å². The van der Waals surface area contributed by atoms with E-state index in [1.54, 1.807) is 36.4 Å². The van der Waals surface area contributed by atoms with Gasteiger partial charge in [0.1, 0.15) is 31.0 Å². The Hall–Kier alpha value is -3.21. The van der Waals surface area contributed by atoms with Gasteiger partial charge in [-0.3, -0.25) is 4.79 Å². The molecule has 122 valence electrons. The van der Waals surface area contributed by atoms with Crippen molar-refractivity contribution in [2.75, 3.05) is 13.2 Å². The SMILES string of the molecule is C#CCOc1cccc(C=O)c1.C#CCOc1cccc(CO)c1. The Bertz CT molecular complexity index is 723. The number of hydrogen-bond acceptors (Lipinski definition) is 4. The second kappa shape index (κ2) is 11.4. The fourth-order valence-electron chi connectivity index (χ4n) is 1.66. The lowest BCUT2D eigenvalue weighted by Crippen LogP contribution is -1.94. The summed E-state index contributed by atoms with van der Waals surface area (Å²) in [4.78, 5) is 10.3. The molecule has 0 heterocycles. The molecule has 0 fully saturated rings. The van der Waals surface area contributed by atoms with Crippen LogP contribution in [0, 0.1) is 24.7 Å². The highest BCUT2D eigenvalue weighted by atomic mass is 16.5. The van der Waals surface area contributed by atoms with Crippen molar-refractivity contribution in [3.63, 3.8) is 0 Å². The minimum atomic E-state index is 0.0211. The molecule has 0 aliphatic carbocycles. The van der Waals surface area contributed by atoms with E-state index < -0.39 is 0 Å². The van der Waals surface area contributed by atoms with Crippen LogP contribution in [0.1, 0.15) is 15.9 Å². The van der Waals surface area contributed by atoms with Crippen LogP contribution in [0.2, 0.25) is 0 Å². The molecule has 0 radical (unpaired) electrons. The molecule has 2 aromatic rings. The first kappa shape index (κ1) is 18.8. The van der Waals surface area contributed by atoms with Crippen LogP contribution in [0.5, 0.6) is 11.5 Å². The lowest BCUT2D eigenvalue weighted by atomic mass is 10.2. The first-order chi connectivity index (χ1) is 11.7. The zero-order valence-electron chi connectivity index (χ0n) is 13.1. The maximum atomic E-state index is 10.3. The third kappa shape index (κ3) is 7.17. The minimum Gasteiger partial charge on any atom is -0.481 e. The zero-order chi connectivity index (χ0) is 17.6. The largest absolute Gasteiger partial charge is 0.481 e. The Morgan fingerprint density at radius 3 is 2.08 bits per heavy atom. The van der Waals surface area contributed by atoms with E-state index >= 15 is 0 Å². The van der Waals surface area contributed by atoms with Crippen LogP contribution in [-0.4, -0.2) is 24.6 Å². The highest BCUT2D eigenvalue weighted by molar-refractivity contribution is 5.75. The summed E-state index contributed by atoms with van der Waals surface area (Å²) in [5, 5.41) is 8.79. The molecule has 0 saturated heterocycles. The summed E-state index contributed by atoms with van der Waals surface area (Å²) in [5.74, 6) is 6.03. The summed E-state index contributed by atoms with van der Waals surface area (Å²) >= 11 is 0. The van der Waals surface area contributed by atoms with Crippen molar-refractivity contribution in [2.45, 2.75) is 6.61 Å². The molecule has 0 aliphatic rings. The van der Waals surface area contributed by atoms with Crippen molar-refractivity contribution in [1.29, 1.82) is 0 Å². The molecular weight excluding hydrogens is 304 g/mol. The second-order valence-electron chi connectivity index (χ2n) is 4.48. The van der Waals surface area contributed by atoms with E-state index in [2.05, 4.69) is 11.8 Å². The molecule has 0 aliphatic heterocycles. The molecule has 0 spiro atoms. The van der Waals surface area contributed by atoms with Gasteiger partial charge in [-0.25, -0.2) is 0 Å². The number of carbonyl (C=O) groups excluding carboxylic acids is 1. The third-order valence-electron chi connectivity index (χ3n) is 2.72. The van der Waals surface area contributed by atoms with E-state index in [1.165, 1.54) is 0 Å². The summed E-state index contributed by atoms with van der Waals surface area (Å²) < 4.78 is 10.3. The lowest BCUT2D eigenvalue weighted by Gasteiger charge is -2.02. The third-order valence-corrected chi connectivity index (χ3v) is 2.72. The first-order valence-corrected chi connectivity index (χ1v) is 7.11. The highest BCUT2D eigenvalue weighted by Gasteiger charge is 1.94. The molecule has 0 amide bonds. The Balaban J connectivity index is 0.000000240. The molecule has 0 unspecified atom stereocenters. The van der Waals surface area contributed by atoms with Crippen LogP contribution in [0.4, 0.5) is 0 Å². The maximum absolute atomic E-state index is 10.3. The molecule has 2 rings (SSSR count). The number of carbonyl (C=O) groups is 1. The van der Waals surface area contributed by atoms with Gasteiger partial charge >= 0.3 is 0 Å². The van der Waals surface area contributed by atoms with E-state index in [9.17, 15) is 4.79 Å². The van der Waals surface area contributed by atoms with Gasteiger partial charge in [0.05, 0.1) is 6.61 Å². The van der Waals surface area contributed by atoms with Crippen molar-refractivity contribution in [3.05, 3.63) is 59.7 Å². The molecule has 2 aromatic carbocycles. The van der Waals surface area contributed by atoms with Crippen molar-refractivity contribution in [2.24, 2.45) is 0 Å². The van der Waals surface area contributed by atoms with Crippen LogP contribution in [0.25, 0.3) is 0 Å². The van der Waals surface area contributed by atoms with Gasteiger partial charge < -0.3 is 14.6 Å². The number of aliphatic hydroxyl groups is 1. The van der Waals surface area contributed by atoms with Gasteiger partial charge in [-0.15, -0.1) is 12.8 Å². The summed E-state index contributed by atoms with van der Waals surface area (Å²) in [5.41, 5.74) is 1.41. The number of rotatable bonds is 6. The fraction of sp³-hybridized carbons (Fsp3) is 0.150. The number of hydrogen-bond donors (Lipinski definition) is 1. The quantitative estimate of drug-likeness (QED) is 0.656.